The molecule has 0 saturated carbocycles. The molecule has 8 heteroatoms. The molecule has 96 valence electrons. The number of carbonyl (C=O) groups is 1. The molecule has 0 atom stereocenters. The molecule has 0 bridgehead atoms. The number of carbonyl (C=O) groups excluding carboxylic acids is 1. The fourth-order valence-electron chi connectivity index (χ4n) is 0.944. The predicted octanol–water partition coefficient (Wildman–Crippen LogP) is 1.81. The second-order valence-electron chi connectivity index (χ2n) is 2.86. The Hall–Kier alpha value is -0.720. The summed E-state index contributed by atoms with van der Waals surface area (Å²) in [5.41, 5.74) is 0.0392. The number of nitrogens with zero attached hydrogens (tertiary/aromatic N) is 1. The number of halogens is 2. The van der Waals surface area contributed by atoms with Gasteiger partial charge in [0.15, 0.2) is 5.16 Å². The minimum Gasteiger partial charge on any atom is -0.465 e. The molecule has 17 heavy (non-hydrogen) atoms. The first kappa shape index (κ1) is 16.3. The van der Waals surface area contributed by atoms with Gasteiger partial charge in [-0.25, -0.2) is 4.98 Å². The number of rotatable bonds is 4. The van der Waals surface area contributed by atoms with Crippen molar-refractivity contribution in [2.24, 2.45) is 0 Å². The molecule has 0 fully saturated rings. The SMILES string of the molecule is CCOC(=O)CSc1nc(C)c(Cl)c(=O)[nH]1.Cl. The second kappa shape index (κ2) is 7.58. The van der Waals surface area contributed by atoms with E-state index in [1.807, 2.05) is 0 Å². The highest BCUT2D eigenvalue weighted by Crippen LogP contribution is 2.14. The van der Waals surface area contributed by atoms with Crippen LogP contribution in [0.4, 0.5) is 0 Å². The summed E-state index contributed by atoms with van der Waals surface area (Å²) in [6, 6.07) is 0. The summed E-state index contributed by atoms with van der Waals surface area (Å²) in [6.07, 6.45) is 0. The van der Waals surface area contributed by atoms with Gasteiger partial charge in [-0.05, 0) is 13.8 Å². The molecule has 5 nitrogen and oxygen atoms in total. The van der Waals surface area contributed by atoms with Gasteiger partial charge in [0.25, 0.3) is 5.56 Å². The Morgan fingerprint density at radius 2 is 2.24 bits per heavy atom. The van der Waals surface area contributed by atoms with E-state index in [2.05, 4.69) is 9.97 Å². The van der Waals surface area contributed by atoms with Gasteiger partial charge in [-0.15, -0.1) is 12.4 Å². The average molecular weight is 299 g/mol. The summed E-state index contributed by atoms with van der Waals surface area (Å²) in [5, 5.41) is 0.431. The molecule has 0 unspecified atom stereocenters. The van der Waals surface area contributed by atoms with Gasteiger partial charge in [-0.3, -0.25) is 9.59 Å². The Morgan fingerprint density at radius 3 is 2.76 bits per heavy atom. The number of H-pyrrole nitrogens is 1. The predicted molar refractivity (Wildman–Crippen MR) is 69.2 cm³/mol. The quantitative estimate of drug-likeness (QED) is 0.521. The third-order valence-corrected chi connectivity index (χ3v) is 2.93. The molecule has 0 aromatic carbocycles. The molecular weight excluding hydrogens is 287 g/mol. The smallest absolute Gasteiger partial charge is 0.316 e. The van der Waals surface area contributed by atoms with Gasteiger partial charge in [0, 0.05) is 0 Å². The van der Waals surface area contributed by atoms with Crippen LogP contribution >= 0.6 is 35.8 Å². The number of hydrogen-bond donors (Lipinski definition) is 1. The molecule has 1 aromatic heterocycles. The number of nitrogens with one attached hydrogen (secondary N) is 1. The van der Waals surface area contributed by atoms with Gasteiger partial charge in [-0.1, -0.05) is 23.4 Å². The van der Waals surface area contributed by atoms with Crippen molar-refractivity contribution in [1.29, 1.82) is 0 Å². The van der Waals surface area contributed by atoms with Crippen LogP contribution in [-0.2, 0) is 9.53 Å². The van der Waals surface area contributed by atoms with Crippen molar-refractivity contribution in [3.05, 3.63) is 21.1 Å². The number of aryl methyl sites for hydroxylation is 1. The van der Waals surface area contributed by atoms with Crippen LogP contribution in [0.1, 0.15) is 12.6 Å². The standard InChI is InChI=1S/C9H11ClN2O3S.ClH/c1-3-15-6(13)4-16-9-11-5(2)7(10)8(14)12-9;/h3-4H2,1-2H3,(H,11,12,14);1H. The van der Waals surface area contributed by atoms with E-state index in [1.54, 1.807) is 13.8 Å². The van der Waals surface area contributed by atoms with Crippen LogP contribution in [0.5, 0.6) is 0 Å². The molecule has 0 aliphatic carbocycles. The Kier molecular flexibility index (Phi) is 7.26. The molecule has 0 saturated heterocycles. The lowest BCUT2D eigenvalue weighted by atomic mass is 10.4. The van der Waals surface area contributed by atoms with E-state index in [4.69, 9.17) is 16.3 Å². The Morgan fingerprint density at radius 1 is 1.59 bits per heavy atom. The van der Waals surface area contributed by atoms with E-state index < -0.39 is 5.56 Å². The summed E-state index contributed by atoms with van der Waals surface area (Å²) in [5.74, 6) is -0.236. The first-order valence-electron chi connectivity index (χ1n) is 4.59. The minimum atomic E-state index is -0.402. The third-order valence-electron chi connectivity index (χ3n) is 1.64. The second-order valence-corrected chi connectivity index (χ2v) is 4.21. The Labute approximate surface area is 114 Å². The summed E-state index contributed by atoms with van der Waals surface area (Å²) in [4.78, 5) is 28.8. The lowest BCUT2D eigenvalue weighted by Crippen LogP contribution is -2.13. The largest absolute Gasteiger partial charge is 0.465 e. The van der Waals surface area contributed by atoms with Crippen molar-refractivity contribution < 1.29 is 9.53 Å². The Balaban J connectivity index is 0.00000256. The summed E-state index contributed by atoms with van der Waals surface area (Å²) in [7, 11) is 0. The van der Waals surface area contributed by atoms with Crippen LogP contribution < -0.4 is 5.56 Å². The van der Waals surface area contributed by atoms with Crippen LogP contribution in [0.2, 0.25) is 5.02 Å². The van der Waals surface area contributed by atoms with Crippen molar-refractivity contribution in [2.75, 3.05) is 12.4 Å². The van der Waals surface area contributed by atoms with E-state index >= 15 is 0 Å². The van der Waals surface area contributed by atoms with Crippen molar-refractivity contribution in [1.82, 2.24) is 9.97 Å². The first-order valence-corrected chi connectivity index (χ1v) is 5.95. The number of hydrogen-bond acceptors (Lipinski definition) is 5. The highest BCUT2D eigenvalue weighted by molar-refractivity contribution is 7.99. The van der Waals surface area contributed by atoms with Crippen LogP contribution in [0.15, 0.2) is 9.95 Å². The number of esters is 1. The maximum atomic E-state index is 11.3. The fourth-order valence-corrected chi connectivity index (χ4v) is 1.74. The zero-order valence-electron chi connectivity index (χ0n) is 9.28. The first-order chi connectivity index (χ1) is 7.54. The van der Waals surface area contributed by atoms with Crippen LogP contribution in [0.3, 0.4) is 0 Å². The normalized spacial score (nSPS) is 9.59. The van der Waals surface area contributed by atoms with E-state index in [1.165, 1.54) is 0 Å². The van der Waals surface area contributed by atoms with Crippen molar-refractivity contribution in [3.63, 3.8) is 0 Å². The highest BCUT2D eigenvalue weighted by atomic mass is 35.5. The van der Waals surface area contributed by atoms with Crippen molar-refractivity contribution in [2.45, 2.75) is 19.0 Å². The zero-order valence-corrected chi connectivity index (χ0v) is 11.7. The molecule has 1 N–H and O–H groups in total. The number of aromatic amines is 1. The van der Waals surface area contributed by atoms with Crippen LogP contribution in [-0.4, -0.2) is 28.3 Å². The molecule has 0 radical (unpaired) electrons. The van der Waals surface area contributed by atoms with Crippen molar-refractivity contribution >= 4 is 41.7 Å². The van der Waals surface area contributed by atoms with Gasteiger partial charge in [0.1, 0.15) is 5.02 Å². The van der Waals surface area contributed by atoms with Gasteiger partial charge in [0.2, 0.25) is 0 Å². The lowest BCUT2D eigenvalue weighted by Gasteiger charge is -2.02. The van der Waals surface area contributed by atoms with E-state index in [0.29, 0.717) is 17.5 Å². The average Bonchev–Trinajstić information content (AvgIpc) is 2.23. The minimum absolute atomic E-state index is 0. The van der Waals surface area contributed by atoms with E-state index in [9.17, 15) is 9.59 Å². The van der Waals surface area contributed by atoms with Gasteiger partial charge in [-0.2, -0.15) is 0 Å². The Bertz CT molecular complexity index is 450. The molecule has 1 aromatic rings. The molecule has 1 rings (SSSR count). The number of thioether (sulfide) groups is 1. The van der Waals surface area contributed by atoms with Crippen LogP contribution in [0, 0.1) is 6.92 Å². The summed E-state index contributed by atoms with van der Waals surface area (Å²) < 4.78 is 4.74. The van der Waals surface area contributed by atoms with E-state index in [0.717, 1.165) is 11.8 Å². The molecule has 1 heterocycles. The van der Waals surface area contributed by atoms with Crippen LogP contribution in [0.25, 0.3) is 0 Å². The highest BCUT2D eigenvalue weighted by Gasteiger charge is 2.08. The fraction of sp³-hybridized carbons (Fsp3) is 0.444. The van der Waals surface area contributed by atoms with Gasteiger partial charge in [0.05, 0.1) is 18.1 Å². The van der Waals surface area contributed by atoms with E-state index in [-0.39, 0.29) is 29.2 Å². The third kappa shape index (κ3) is 4.97. The molecule has 0 aliphatic heterocycles. The number of aromatic nitrogens is 2. The van der Waals surface area contributed by atoms with Crippen molar-refractivity contribution in [3.8, 4) is 0 Å². The van der Waals surface area contributed by atoms with Gasteiger partial charge < -0.3 is 9.72 Å². The topological polar surface area (TPSA) is 72.0 Å². The maximum Gasteiger partial charge on any atom is 0.316 e. The lowest BCUT2D eigenvalue weighted by molar-refractivity contribution is -0.139. The van der Waals surface area contributed by atoms with Gasteiger partial charge >= 0.3 is 5.97 Å². The monoisotopic (exact) mass is 298 g/mol. The molecule has 0 spiro atoms. The zero-order chi connectivity index (χ0) is 12.1. The molecular formula is C9H12Cl2N2O3S. The number of ether oxygens (including phenoxy) is 1. The summed E-state index contributed by atoms with van der Waals surface area (Å²) >= 11 is 6.76. The maximum absolute atomic E-state index is 11.3. The molecule has 0 aliphatic rings. The molecule has 0 amide bonds. The summed E-state index contributed by atoms with van der Waals surface area (Å²) in [6.45, 7) is 3.70.